The molecule has 0 spiro atoms. The van der Waals surface area contributed by atoms with Crippen LogP contribution in [0.4, 0.5) is 5.69 Å². The third-order valence-electron chi connectivity index (χ3n) is 5.46. The summed E-state index contributed by atoms with van der Waals surface area (Å²) in [5, 5.41) is 11.1. The second-order valence-corrected chi connectivity index (χ2v) is 7.63. The molecule has 0 bridgehead atoms. The molecule has 4 aromatic rings. The molecule has 0 aliphatic rings. The Labute approximate surface area is 202 Å². The highest BCUT2D eigenvalue weighted by Crippen LogP contribution is 2.38. The van der Waals surface area contributed by atoms with Crippen molar-refractivity contribution in [1.82, 2.24) is 20.0 Å². The average molecular weight is 478 g/mol. The molecule has 182 valence electrons. The fraction of sp³-hybridized carbons (Fsp3) is 0.280. The molecule has 4 rings (SSSR count). The Kier molecular flexibility index (Phi) is 7.00. The van der Waals surface area contributed by atoms with Crippen molar-refractivity contribution in [2.75, 3.05) is 26.1 Å². The Bertz CT molecular complexity index is 1340. The van der Waals surface area contributed by atoms with Gasteiger partial charge in [-0.25, -0.2) is 9.67 Å². The largest absolute Gasteiger partial charge is 0.493 e. The van der Waals surface area contributed by atoms with Crippen LogP contribution >= 0.6 is 0 Å². The molecule has 2 heterocycles. The number of para-hydroxylation sites is 3. The molecular weight excluding hydrogens is 450 g/mol. The van der Waals surface area contributed by atoms with E-state index in [1.54, 1.807) is 44.0 Å². The molecule has 0 radical (unpaired) electrons. The van der Waals surface area contributed by atoms with Gasteiger partial charge in [0, 0.05) is 0 Å². The van der Waals surface area contributed by atoms with Gasteiger partial charge in [-0.3, -0.25) is 4.79 Å². The molecule has 0 saturated carbocycles. The van der Waals surface area contributed by atoms with Gasteiger partial charge >= 0.3 is 0 Å². The third-order valence-corrected chi connectivity index (χ3v) is 5.46. The lowest BCUT2D eigenvalue weighted by Gasteiger charge is -2.10. The minimum absolute atomic E-state index is 0.215. The highest BCUT2D eigenvalue weighted by atomic mass is 16.5. The zero-order valence-electron chi connectivity index (χ0n) is 20.3. The van der Waals surface area contributed by atoms with Crippen LogP contribution < -0.4 is 19.5 Å². The minimum atomic E-state index is -0.375. The van der Waals surface area contributed by atoms with E-state index < -0.39 is 0 Å². The van der Waals surface area contributed by atoms with E-state index in [-0.39, 0.29) is 18.1 Å². The predicted molar refractivity (Wildman–Crippen MR) is 129 cm³/mol. The van der Waals surface area contributed by atoms with Crippen molar-refractivity contribution in [3.8, 4) is 28.7 Å². The van der Waals surface area contributed by atoms with E-state index in [9.17, 15) is 4.79 Å². The second kappa shape index (κ2) is 10.3. The van der Waals surface area contributed by atoms with E-state index in [4.69, 9.17) is 18.6 Å². The summed E-state index contributed by atoms with van der Waals surface area (Å²) in [6.45, 7) is 6.26. The predicted octanol–water partition coefficient (Wildman–Crippen LogP) is 4.27. The Morgan fingerprint density at radius 1 is 1.06 bits per heavy atom. The van der Waals surface area contributed by atoms with Crippen molar-refractivity contribution in [3.63, 3.8) is 0 Å². The lowest BCUT2D eigenvalue weighted by atomic mass is 10.2. The van der Waals surface area contributed by atoms with Gasteiger partial charge in [0.25, 0.3) is 5.91 Å². The zero-order valence-corrected chi connectivity index (χ0v) is 20.3. The number of methoxy groups -OCH3 is 2. The normalized spacial score (nSPS) is 10.8. The van der Waals surface area contributed by atoms with Crippen LogP contribution in [0.5, 0.6) is 17.2 Å². The number of carbonyl (C=O) groups excluding carboxylic acids is 1. The standard InChI is InChI=1S/C25H27N5O5/c1-6-34-20-12-8-7-11-18(20)26-24(31)22-15(2)30(29-28-22)14-19-16(3)35-25(27-19)17-10-9-13-21(32-4)23(17)33-5/h7-13H,6,14H2,1-5H3,(H,26,31). The van der Waals surface area contributed by atoms with Crippen LogP contribution in [-0.4, -0.2) is 46.7 Å². The van der Waals surface area contributed by atoms with Gasteiger partial charge in [0.2, 0.25) is 5.89 Å². The Hall–Kier alpha value is -4.34. The number of oxazole rings is 1. The second-order valence-electron chi connectivity index (χ2n) is 7.63. The number of anilines is 1. The summed E-state index contributed by atoms with van der Waals surface area (Å²) in [5.74, 6) is 2.35. The summed E-state index contributed by atoms with van der Waals surface area (Å²) in [6, 6.07) is 12.7. The Balaban J connectivity index is 1.56. The monoisotopic (exact) mass is 477 g/mol. The molecule has 1 N–H and O–H groups in total. The number of hydrogen-bond acceptors (Lipinski definition) is 8. The smallest absolute Gasteiger partial charge is 0.278 e. The molecule has 1 amide bonds. The lowest BCUT2D eigenvalue weighted by Crippen LogP contribution is -2.15. The summed E-state index contributed by atoms with van der Waals surface area (Å²) in [5.41, 5.74) is 2.71. The van der Waals surface area contributed by atoms with Crippen LogP contribution in [0, 0.1) is 13.8 Å². The maximum absolute atomic E-state index is 12.9. The van der Waals surface area contributed by atoms with Crippen molar-refractivity contribution in [2.24, 2.45) is 0 Å². The quantitative estimate of drug-likeness (QED) is 0.380. The number of amides is 1. The van der Waals surface area contributed by atoms with E-state index in [2.05, 4.69) is 20.6 Å². The molecule has 0 aliphatic carbocycles. The Morgan fingerprint density at radius 3 is 2.57 bits per heavy atom. The molecule has 35 heavy (non-hydrogen) atoms. The molecule has 10 nitrogen and oxygen atoms in total. The maximum atomic E-state index is 12.9. The summed E-state index contributed by atoms with van der Waals surface area (Å²) < 4.78 is 24.0. The van der Waals surface area contributed by atoms with Gasteiger partial charge < -0.3 is 23.9 Å². The number of ether oxygens (including phenoxy) is 3. The topological polar surface area (TPSA) is 114 Å². The van der Waals surface area contributed by atoms with Crippen LogP contribution in [0.3, 0.4) is 0 Å². The number of hydrogen-bond donors (Lipinski definition) is 1. The number of aryl methyl sites for hydroxylation is 1. The van der Waals surface area contributed by atoms with Gasteiger partial charge in [0.1, 0.15) is 17.2 Å². The number of nitrogens with zero attached hydrogens (tertiary/aromatic N) is 4. The SMILES string of the molecule is CCOc1ccccc1NC(=O)c1nnn(Cc2nc(-c3cccc(OC)c3OC)oc2C)c1C. The number of aromatic nitrogens is 4. The molecule has 0 unspecified atom stereocenters. The number of rotatable bonds is 9. The third kappa shape index (κ3) is 4.81. The van der Waals surface area contributed by atoms with E-state index in [0.717, 1.165) is 0 Å². The fourth-order valence-electron chi connectivity index (χ4n) is 3.64. The first kappa shape index (κ1) is 23.8. The molecule has 2 aromatic heterocycles. The van der Waals surface area contributed by atoms with Crippen molar-refractivity contribution in [1.29, 1.82) is 0 Å². The number of carbonyl (C=O) groups is 1. The van der Waals surface area contributed by atoms with Crippen LogP contribution in [0.25, 0.3) is 11.5 Å². The maximum Gasteiger partial charge on any atom is 0.278 e. The van der Waals surface area contributed by atoms with Crippen molar-refractivity contribution >= 4 is 11.6 Å². The van der Waals surface area contributed by atoms with Crippen LogP contribution in [-0.2, 0) is 6.54 Å². The van der Waals surface area contributed by atoms with Crippen LogP contribution in [0.1, 0.15) is 34.6 Å². The summed E-state index contributed by atoms with van der Waals surface area (Å²) in [6.07, 6.45) is 0. The molecule has 0 atom stereocenters. The van der Waals surface area contributed by atoms with Gasteiger partial charge in [-0.1, -0.05) is 23.4 Å². The van der Waals surface area contributed by atoms with E-state index in [1.807, 2.05) is 38.1 Å². The van der Waals surface area contributed by atoms with Crippen LogP contribution in [0.15, 0.2) is 46.9 Å². The lowest BCUT2D eigenvalue weighted by molar-refractivity contribution is 0.102. The first-order valence-electron chi connectivity index (χ1n) is 11.1. The van der Waals surface area contributed by atoms with Gasteiger partial charge in [0.05, 0.1) is 44.3 Å². The summed E-state index contributed by atoms with van der Waals surface area (Å²) >= 11 is 0. The molecule has 0 fully saturated rings. The van der Waals surface area contributed by atoms with Gasteiger partial charge in [-0.15, -0.1) is 5.10 Å². The minimum Gasteiger partial charge on any atom is -0.493 e. The van der Waals surface area contributed by atoms with Crippen molar-refractivity contribution < 1.29 is 23.4 Å². The molecule has 2 aromatic carbocycles. The zero-order chi connectivity index (χ0) is 24.9. The van der Waals surface area contributed by atoms with Gasteiger partial charge in [0.15, 0.2) is 17.2 Å². The highest BCUT2D eigenvalue weighted by Gasteiger charge is 2.22. The molecular formula is C25H27N5O5. The number of nitrogens with one attached hydrogen (secondary N) is 1. The van der Waals surface area contributed by atoms with E-state index in [1.165, 1.54) is 0 Å². The average Bonchev–Trinajstić information content (AvgIpc) is 3.42. The summed E-state index contributed by atoms with van der Waals surface area (Å²) in [7, 11) is 3.14. The summed E-state index contributed by atoms with van der Waals surface area (Å²) in [4.78, 5) is 17.5. The van der Waals surface area contributed by atoms with Crippen molar-refractivity contribution in [2.45, 2.75) is 27.3 Å². The highest BCUT2D eigenvalue weighted by molar-refractivity contribution is 6.04. The first-order valence-corrected chi connectivity index (χ1v) is 11.1. The number of benzene rings is 2. The molecule has 0 saturated heterocycles. The van der Waals surface area contributed by atoms with Gasteiger partial charge in [-0.05, 0) is 45.0 Å². The van der Waals surface area contributed by atoms with E-state index in [0.29, 0.717) is 58.1 Å². The Morgan fingerprint density at radius 2 is 1.83 bits per heavy atom. The van der Waals surface area contributed by atoms with E-state index >= 15 is 0 Å². The first-order chi connectivity index (χ1) is 17.0. The van der Waals surface area contributed by atoms with Crippen LogP contribution in [0.2, 0.25) is 0 Å². The molecule has 0 aliphatic heterocycles. The fourth-order valence-corrected chi connectivity index (χ4v) is 3.64. The van der Waals surface area contributed by atoms with Gasteiger partial charge in [-0.2, -0.15) is 0 Å². The van der Waals surface area contributed by atoms with Crippen molar-refractivity contribution in [3.05, 3.63) is 65.3 Å². The molecule has 10 heteroatoms.